The first-order valence-electron chi connectivity index (χ1n) is 7.15. The summed E-state index contributed by atoms with van der Waals surface area (Å²) in [4.78, 5) is 40.9. The van der Waals surface area contributed by atoms with Gasteiger partial charge in [0.1, 0.15) is 17.1 Å². The number of carbonyl (C=O) groups excluding carboxylic acids is 3. The van der Waals surface area contributed by atoms with Gasteiger partial charge in [-0.05, 0) is 5.57 Å². The van der Waals surface area contributed by atoms with Crippen LogP contribution in [0.25, 0.3) is 0 Å². The number of nitrogens with two attached hydrogens (primary N) is 1. The van der Waals surface area contributed by atoms with Crippen LogP contribution >= 0.6 is 23.1 Å². The molecule has 0 bridgehead atoms. The van der Waals surface area contributed by atoms with Gasteiger partial charge in [0.2, 0.25) is 0 Å². The van der Waals surface area contributed by atoms with Gasteiger partial charge in [-0.2, -0.15) is 0 Å². The molecule has 0 unspecified atom stereocenters. The van der Waals surface area contributed by atoms with Gasteiger partial charge in [-0.1, -0.05) is 17.8 Å². The van der Waals surface area contributed by atoms with Gasteiger partial charge in [-0.25, -0.2) is 4.98 Å². The molecule has 2 atom stereocenters. The smallest absolute Gasteiger partial charge is 0.543 e. The van der Waals surface area contributed by atoms with E-state index in [1.807, 2.05) is 0 Å². The number of allylic oxidation sites excluding steroid dienone is 1. The zero-order chi connectivity index (χ0) is 19.0. The number of thioether (sulfide) groups is 1. The Morgan fingerprint density at radius 2 is 2.26 bits per heavy atom. The number of fused-ring (bicyclic) bond motifs is 1. The van der Waals surface area contributed by atoms with Crippen LogP contribution in [0.3, 0.4) is 0 Å². The molecular weight excluding hydrogens is 421 g/mol. The number of carbonyl (C=O) groups is 3. The fourth-order valence-electron chi connectivity index (χ4n) is 2.61. The topological polar surface area (TPSA) is 161 Å². The van der Waals surface area contributed by atoms with Crippen molar-refractivity contribution in [3.05, 3.63) is 35.0 Å². The molecule has 1 fully saturated rings. The van der Waals surface area contributed by atoms with Crippen molar-refractivity contribution in [2.75, 3.05) is 11.5 Å². The molecule has 10 nitrogen and oxygen atoms in total. The largest absolute Gasteiger partial charge is 1.00 e. The van der Waals surface area contributed by atoms with E-state index in [0.29, 0.717) is 11.3 Å². The third-order valence-corrected chi connectivity index (χ3v) is 5.78. The Bertz CT molecular complexity index is 883. The average Bonchev–Trinajstić information content (AvgIpc) is 3.04. The number of aliphatic carboxylic acids is 1. The Balaban J connectivity index is 0.00000261. The Hall–Kier alpha value is -1.22. The van der Waals surface area contributed by atoms with Crippen molar-refractivity contribution < 1.29 is 76.1 Å². The molecule has 0 aliphatic carbocycles. The maximum atomic E-state index is 12.4. The quantitative estimate of drug-likeness (QED) is 0.138. The molecule has 0 spiro atoms. The molecule has 1 saturated heterocycles. The minimum absolute atomic E-state index is 0. The number of rotatable bonds is 5. The molecule has 0 aromatic carbocycles. The van der Waals surface area contributed by atoms with Crippen LogP contribution in [0.5, 0.6) is 0 Å². The van der Waals surface area contributed by atoms with E-state index in [9.17, 15) is 19.5 Å². The summed E-state index contributed by atoms with van der Waals surface area (Å²) in [5.41, 5.74) is 5.29. The van der Waals surface area contributed by atoms with E-state index in [1.54, 1.807) is 0 Å². The van der Waals surface area contributed by atoms with E-state index < -0.39 is 34.9 Å². The van der Waals surface area contributed by atoms with Gasteiger partial charge in [0.25, 0.3) is 11.8 Å². The number of aromatic nitrogens is 1. The van der Waals surface area contributed by atoms with Crippen LogP contribution in [0.15, 0.2) is 34.5 Å². The summed E-state index contributed by atoms with van der Waals surface area (Å²) in [5, 5.41) is 26.8. The molecule has 3 rings (SSSR count). The monoisotopic (exact) mass is 433 g/mol. The molecule has 4 N–H and O–H groups in total. The van der Waals surface area contributed by atoms with Gasteiger partial charge < -0.3 is 26.2 Å². The second kappa shape index (κ2) is 8.85. The number of hydrogen-bond acceptors (Lipinski definition) is 10. The number of oxime groups is 1. The minimum atomic E-state index is -1.49. The van der Waals surface area contributed by atoms with E-state index in [0.717, 1.165) is 16.2 Å². The van der Waals surface area contributed by atoms with Gasteiger partial charge in [0.05, 0.1) is 11.7 Å². The number of thiazole rings is 1. The third-order valence-electron chi connectivity index (χ3n) is 3.80. The summed E-state index contributed by atoms with van der Waals surface area (Å²) in [6.07, 6.45) is 1.36. The van der Waals surface area contributed by atoms with Crippen molar-refractivity contribution in [1.29, 1.82) is 0 Å². The maximum Gasteiger partial charge on any atom is 1.00 e. The molecule has 2 aliphatic rings. The van der Waals surface area contributed by atoms with E-state index in [-0.39, 0.29) is 67.9 Å². The zero-order valence-corrected chi connectivity index (χ0v) is 18.8. The van der Waals surface area contributed by atoms with Crippen LogP contribution in [0.1, 0.15) is 5.69 Å². The summed E-state index contributed by atoms with van der Waals surface area (Å²) in [7, 11) is 0. The predicted octanol–water partition coefficient (Wildman–Crippen LogP) is -4.50. The number of carboxylic acid groups (broad SMARTS) is 1. The van der Waals surface area contributed by atoms with Crippen LogP contribution < -0.4 is 67.5 Å². The van der Waals surface area contributed by atoms with Crippen molar-refractivity contribution in [2.45, 2.75) is 11.4 Å². The molecule has 2 aliphatic heterocycles. The van der Waals surface area contributed by atoms with Gasteiger partial charge in [0.15, 0.2) is 10.8 Å². The molecule has 2 amide bonds. The van der Waals surface area contributed by atoms with E-state index in [2.05, 4.69) is 22.0 Å². The van der Waals surface area contributed by atoms with Crippen LogP contribution in [0.4, 0.5) is 5.13 Å². The van der Waals surface area contributed by atoms with E-state index >= 15 is 0 Å². The second-order valence-corrected chi connectivity index (χ2v) is 7.24. The van der Waals surface area contributed by atoms with Crippen LogP contribution in [0.2, 0.25) is 0 Å². The van der Waals surface area contributed by atoms with Gasteiger partial charge >= 0.3 is 51.4 Å². The third kappa shape index (κ3) is 3.99. The summed E-state index contributed by atoms with van der Waals surface area (Å²) in [5.74, 6) is -2.62. The number of anilines is 1. The van der Waals surface area contributed by atoms with Crippen molar-refractivity contribution in [1.82, 2.24) is 15.2 Å². The number of nitrogens with zero attached hydrogens (tertiary/aromatic N) is 3. The summed E-state index contributed by atoms with van der Waals surface area (Å²) < 4.78 is 0. The van der Waals surface area contributed by atoms with Crippen molar-refractivity contribution in [2.24, 2.45) is 5.16 Å². The minimum Gasteiger partial charge on any atom is -0.543 e. The van der Waals surface area contributed by atoms with E-state index in [4.69, 9.17) is 10.9 Å². The van der Waals surface area contributed by atoms with Crippen LogP contribution in [-0.4, -0.2) is 55.8 Å². The number of β-lactam (4-membered cyclic amide) rings is 1. The molecule has 1 aromatic rings. The van der Waals surface area contributed by atoms with E-state index in [1.165, 1.54) is 23.2 Å². The van der Waals surface area contributed by atoms with Crippen molar-refractivity contribution >= 4 is 51.7 Å². The van der Waals surface area contributed by atoms with Gasteiger partial charge in [-0.15, -0.1) is 23.1 Å². The fraction of sp³-hybridized carbons (Fsp3) is 0.214. The predicted molar refractivity (Wildman–Crippen MR) is 92.1 cm³/mol. The molecule has 1 aromatic heterocycles. The second-order valence-electron chi connectivity index (χ2n) is 5.25. The van der Waals surface area contributed by atoms with Crippen LogP contribution in [0, 0.1) is 0 Å². The van der Waals surface area contributed by atoms with Crippen LogP contribution in [-0.2, 0) is 14.4 Å². The molecule has 0 saturated carbocycles. The normalized spacial score (nSPS) is 21.7. The van der Waals surface area contributed by atoms with Crippen molar-refractivity contribution in [3.8, 4) is 0 Å². The summed E-state index contributed by atoms with van der Waals surface area (Å²) in [6.45, 7) is 3.53. The molecule has 3 heterocycles. The Kier molecular flexibility index (Phi) is 7.24. The molecule has 13 heteroatoms. The number of amides is 2. The Morgan fingerprint density at radius 3 is 2.78 bits per heavy atom. The zero-order valence-electron chi connectivity index (χ0n) is 14.0. The molecule has 27 heavy (non-hydrogen) atoms. The molecular formula is C14H12KN5O5S2. The molecule has 0 radical (unpaired) electrons. The summed E-state index contributed by atoms with van der Waals surface area (Å²) in [6, 6.07) is -0.971. The maximum absolute atomic E-state index is 12.4. The first-order chi connectivity index (χ1) is 12.4. The first kappa shape index (κ1) is 22.1. The fourth-order valence-corrected chi connectivity index (χ4v) is 4.50. The standard InChI is InChI=1S/C14H13N5O5S2.K/c1-2-5-3-25-12-8(11(21)19(12)9(5)13(22)23)17-10(20)7(18-24)6-4-26-14(15)16-6;/h2,4,8,12,24H,1,3H2,(H2,15,16)(H,17,20)(H,22,23);/q;+1/p-1/b18-7-;/t8-,12-;/m1./s1. The summed E-state index contributed by atoms with van der Waals surface area (Å²) >= 11 is 2.33. The Labute approximate surface area is 204 Å². The molecule has 136 valence electrons. The van der Waals surface area contributed by atoms with Crippen molar-refractivity contribution in [3.63, 3.8) is 0 Å². The number of hydrogen-bond donors (Lipinski definition) is 3. The first-order valence-corrected chi connectivity index (χ1v) is 9.07. The number of carboxylic acids is 1. The number of nitrogen functional groups attached to an aromatic ring is 1. The number of nitrogens with one attached hydrogen (secondary N) is 1. The van der Waals surface area contributed by atoms with Gasteiger partial charge in [-0.3, -0.25) is 14.5 Å². The average molecular weight is 434 g/mol. The SMILES string of the molecule is C=CC1=C(C(=O)[O-])N2C(=O)[C@@H](NC(=O)/C(=N\O)c3csc(N)n3)[C@H]2SC1.[K+]. The Morgan fingerprint density at radius 1 is 1.56 bits per heavy atom. The van der Waals surface area contributed by atoms with Gasteiger partial charge in [0, 0.05) is 11.1 Å².